The lowest BCUT2D eigenvalue weighted by atomic mass is 9.89. The van der Waals surface area contributed by atoms with Crippen molar-refractivity contribution in [3.8, 4) is 11.1 Å². The Labute approximate surface area is 159 Å². The van der Waals surface area contributed by atoms with E-state index in [1.807, 2.05) is 5.57 Å². The quantitative estimate of drug-likeness (QED) is 0.592. The van der Waals surface area contributed by atoms with Gasteiger partial charge in [-0.2, -0.15) is 0 Å². The second-order valence-corrected chi connectivity index (χ2v) is 11.0. The summed E-state index contributed by atoms with van der Waals surface area (Å²) >= 11 is 0. The predicted molar refractivity (Wildman–Crippen MR) is 114 cm³/mol. The van der Waals surface area contributed by atoms with Crippen LogP contribution in [0.1, 0.15) is 93.0 Å². The van der Waals surface area contributed by atoms with Crippen molar-refractivity contribution in [2.75, 3.05) is 0 Å². The summed E-state index contributed by atoms with van der Waals surface area (Å²) in [6.45, 7) is 14.1. The molecule has 1 heterocycles. The first-order chi connectivity index (χ1) is 12.4. The zero-order valence-corrected chi connectivity index (χ0v) is 18.2. The topological polar surface area (TPSA) is 0 Å². The highest BCUT2D eigenvalue weighted by atomic mass is 28.2. The first-order valence-electron chi connectivity index (χ1n) is 10.5. The smallest absolute Gasteiger partial charge is 0.0326 e. The van der Waals surface area contributed by atoms with Crippen LogP contribution in [0.15, 0.2) is 18.2 Å². The Kier molecular flexibility index (Phi) is 3.54. The van der Waals surface area contributed by atoms with Crippen molar-refractivity contribution in [3.05, 3.63) is 56.0 Å². The Bertz CT molecular complexity index is 1040. The van der Waals surface area contributed by atoms with Gasteiger partial charge in [0.05, 0.1) is 0 Å². The summed E-state index contributed by atoms with van der Waals surface area (Å²) in [5.74, 6) is 1.92. The van der Waals surface area contributed by atoms with Crippen LogP contribution >= 0.6 is 0 Å². The van der Waals surface area contributed by atoms with Gasteiger partial charge in [0.2, 0.25) is 0 Å². The Hall–Kier alpha value is -1.47. The van der Waals surface area contributed by atoms with Crippen LogP contribution in [0.2, 0.25) is 5.54 Å². The van der Waals surface area contributed by atoms with E-state index in [2.05, 4.69) is 59.7 Å². The fourth-order valence-corrected chi connectivity index (χ4v) is 7.84. The Balaban J connectivity index is 1.77. The van der Waals surface area contributed by atoms with Gasteiger partial charge in [0, 0.05) is 15.0 Å². The summed E-state index contributed by atoms with van der Waals surface area (Å²) in [7, 11) is 0.451. The van der Waals surface area contributed by atoms with Crippen molar-refractivity contribution in [1.82, 2.24) is 0 Å². The van der Waals surface area contributed by atoms with Crippen molar-refractivity contribution in [1.29, 1.82) is 0 Å². The second-order valence-electron chi connectivity index (χ2n) is 9.26. The number of rotatable bonds is 5. The van der Waals surface area contributed by atoms with E-state index in [0.29, 0.717) is 21.0 Å². The molecule has 4 aliphatic rings. The summed E-state index contributed by atoms with van der Waals surface area (Å²) in [6, 6.07) is 7.45. The Morgan fingerprint density at radius 2 is 1.62 bits per heavy atom. The molecule has 2 unspecified atom stereocenters. The number of hydrogen-bond acceptors (Lipinski definition) is 0. The number of benzene rings is 2. The Morgan fingerprint density at radius 3 is 2.19 bits per heavy atom. The zero-order valence-electron chi connectivity index (χ0n) is 17.0. The third kappa shape index (κ3) is 2.04. The molecule has 1 aliphatic heterocycles. The zero-order chi connectivity index (χ0) is 18.3. The molecule has 0 nitrogen and oxygen atoms in total. The van der Waals surface area contributed by atoms with Gasteiger partial charge in [-0.15, -0.1) is 0 Å². The monoisotopic (exact) mass is 358 g/mol. The van der Waals surface area contributed by atoms with Crippen LogP contribution in [0.3, 0.4) is 0 Å². The van der Waals surface area contributed by atoms with E-state index in [-0.39, 0.29) is 0 Å². The van der Waals surface area contributed by atoms with E-state index in [1.165, 1.54) is 29.5 Å². The minimum absolute atomic E-state index is 0.451. The maximum absolute atomic E-state index is 2.50. The largest absolute Gasteiger partial charge is 0.0654 e. The van der Waals surface area contributed by atoms with Crippen LogP contribution in [0.25, 0.3) is 16.7 Å². The molecule has 3 aliphatic carbocycles. The molecular weight excluding hydrogens is 328 g/mol. The summed E-state index contributed by atoms with van der Waals surface area (Å²) in [5.41, 5.74) is 14.0. The SMILES string of the molecule is CCCC1[SiH]=c2c(C)c3c4c(-c5cc(C(C)C)cc(C(C)C)c5)c2=C1C34. The normalized spacial score (nSPS) is 21.2. The minimum atomic E-state index is 0.451. The predicted octanol–water partition coefficient (Wildman–Crippen LogP) is 5.81. The lowest BCUT2D eigenvalue weighted by Gasteiger charge is -2.15. The highest BCUT2D eigenvalue weighted by Crippen LogP contribution is 2.62. The molecule has 6 rings (SSSR count). The van der Waals surface area contributed by atoms with Crippen molar-refractivity contribution in [2.24, 2.45) is 0 Å². The molecule has 134 valence electrons. The van der Waals surface area contributed by atoms with E-state index < -0.39 is 0 Å². The van der Waals surface area contributed by atoms with Crippen LogP contribution in [0.5, 0.6) is 0 Å². The van der Waals surface area contributed by atoms with Gasteiger partial charge in [-0.1, -0.05) is 59.2 Å². The van der Waals surface area contributed by atoms with Gasteiger partial charge >= 0.3 is 0 Å². The highest BCUT2D eigenvalue weighted by molar-refractivity contribution is 6.37. The van der Waals surface area contributed by atoms with Gasteiger partial charge < -0.3 is 0 Å². The molecule has 2 atom stereocenters. The van der Waals surface area contributed by atoms with Gasteiger partial charge in [0.15, 0.2) is 0 Å². The van der Waals surface area contributed by atoms with Gasteiger partial charge in [0.25, 0.3) is 0 Å². The molecule has 2 aromatic rings. The standard InChI is InChI=1S/C25H30Si/c1-7-8-18-21-23-19-14(6)25(26-18)24(21)20(22(19)23)17-10-15(12(2)3)9-16(11-17)13(4)5/h9-13,18,23,26H,7-8H2,1-6H3. The highest BCUT2D eigenvalue weighted by Gasteiger charge is 2.50. The van der Waals surface area contributed by atoms with E-state index in [9.17, 15) is 0 Å². The molecule has 26 heavy (non-hydrogen) atoms. The summed E-state index contributed by atoms with van der Waals surface area (Å²) in [6.07, 6.45) is 2.73. The molecule has 0 N–H and O–H groups in total. The van der Waals surface area contributed by atoms with Gasteiger partial charge in [-0.05, 0) is 85.3 Å². The molecule has 0 saturated heterocycles. The maximum Gasteiger partial charge on any atom is 0.0326 e. The van der Waals surface area contributed by atoms with Crippen LogP contribution < -0.4 is 5.22 Å². The number of hydrogen-bond donors (Lipinski definition) is 0. The van der Waals surface area contributed by atoms with Crippen LogP contribution in [0, 0.1) is 11.7 Å². The molecule has 1 heteroatoms. The van der Waals surface area contributed by atoms with Gasteiger partial charge in [-0.3, -0.25) is 0 Å². The van der Waals surface area contributed by atoms with Crippen molar-refractivity contribution < 1.29 is 0 Å². The molecule has 2 aromatic carbocycles. The van der Waals surface area contributed by atoms with Gasteiger partial charge in [0.1, 0.15) is 0 Å². The fourth-order valence-electron chi connectivity index (χ4n) is 5.51. The van der Waals surface area contributed by atoms with Crippen molar-refractivity contribution in [2.45, 2.75) is 77.7 Å². The first-order valence-corrected chi connectivity index (χ1v) is 11.8. The molecule has 0 saturated carbocycles. The molecule has 0 radical (unpaired) electrons. The summed E-state index contributed by atoms with van der Waals surface area (Å²) < 4.78 is 0. The lowest BCUT2D eigenvalue weighted by molar-refractivity contribution is 0.810. The third-order valence-corrected chi connectivity index (χ3v) is 9.10. The molecule has 0 aromatic heterocycles. The fraction of sp³-hybridized carbons (Fsp3) is 0.480. The summed E-state index contributed by atoms with van der Waals surface area (Å²) in [5, 5.41) is 1.72. The van der Waals surface area contributed by atoms with Crippen LogP contribution in [-0.4, -0.2) is 9.13 Å². The average Bonchev–Trinajstić information content (AvgIpc) is 3.12. The van der Waals surface area contributed by atoms with Crippen molar-refractivity contribution >= 4 is 14.7 Å². The van der Waals surface area contributed by atoms with E-state index in [1.54, 1.807) is 32.3 Å². The lowest BCUT2D eigenvalue weighted by Crippen LogP contribution is -2.11. The van der Waals surface area contributed by atoms with E-state index in [4.69, 9.17) is 0 Å². The summed E-state index contributed by atoms with van der Waals surface area (Å²) in [4.78, 5) is 1.78. The molecular formula is C25H30Si. The van der Waals surface area contributed by atoms with Crippen LogP contribution in [-0.2, 0) is 0 Å². The minimum Gasteiger partial charge on any atom is -0.0654 e. The average molecular weight is 359 g/mol. The van der Waals surface area contributed by atoms with Crippen LogP contribution in [0.4, 0.5) is 0 Å². The molecule has 6 bridgehead atoms. The third-order valence-electron chi connectivity index (χ3n) is 6.95. The van der Waals surface area contributed by atoms with E-state index in [0.717, 1.165) is 11.5 Å². The molecule has 0 fully saturated rings. The molecule has 0 spiro atoms. The Morgan fingerprint density at radius 1 is 0.962 bits per heavy atom. The van der Waals surface area contributed by atoms with Crippen molar-refractivity contribution in [3.63, 3.8) is 0 Å². The second kappa shape index (κ2) is 5.52. The molecule has 0 amide bonds. The van der Waals surface area contributed by atoms with Gasteiger partial charge in [-0.25, -0.2) is 0 Å². The van der Waals surface area contributed by atoms with E-state index >= 15 is 0 Å². The first kappa shape index (κ1) is 16.7. The maximum atomic E-state index is 2.50.